The van der Waals surface area contributed by atoms with Crippen LogP contribution in [0.1, 0.15) is 45.6 Å². The summed E-state index contributed by atoms with van der Waals surface area (Å²) in [6.07, 6.45) is 0.131. The number of halogens is 2. The van der Waals surface area contributed by atoms with Gasteiger partial charge in [-0.15, -0.1) is 0 Å². The van der Waals surface area contributed by atoms with Crippen LogP contribution in [0.5, 0.6) is 5.75 Å². The van der Waals surface area contributed by atoms with Crippen molar-refractivity contribution >= 4 is 11.9 Å². The summed E-state index contributed by atoms with van der Waals surface area (Å²) in [7, 11) is 1.53. The van der Waals surface area contributed by atoms with E-state index in [0.717, 1.165) is 28.8 Å². The van der Waals surface area contributed by atoms with Gasteiger partial charge in [0.15, 0.2) is 11.6 Å². The van der Waals surface area contributed by atoms with Crippen LogP contribution in [0.4, 0.5) is 8.78 Å². The highest BCUT2D eigenvalue weighted by atomic mass is 19.2. The van der Waals surface area contributed by atoms with Crippen LogP contribution in [0.15, 0.2) is 60.7 Å². The Morgan fingerprint density at radius 1 is 1.09 bits per heavy atom. The SMILES string of the molecule is CCOC(=O)[C@]12Cc3c(OC)cccc3[C@H]1N(Cc1ccccc1)C(=O)c1cc(F)c(F)cc12. The van der Waals surface area contributed by atoms with Crippen LogP contribution in [0.25, 0.3) is 0 Å². The zero-order chi connectivity index (χ0) is 24.0. The second-order valence-corrected chi connectivity index (χ2v) is 8.53. The number of hydrogen-bond acceptors (Lipinski definition) is 4. The van der Waals surface area contributed by atoms with E-state index in [-0.39, 0.29) is 30.7 Å². The molecule has 5 nitrogen and oxygen atoms in total. The summed E-state index contributed by atoms with van der Waals surface area (Å²) in [5.41, 5.74) is 0.974. The molecule has 174 valence electrons. The molecule has 0 fully saturated rings. The number of amides is 1. The molecule has 0 radical (unpaired) electrons. The molecule has 34 heavy (non-hydrogen) atoms. The Bertz CT molecular complexity index is 1290. The fourth-order valence-electron chi connectivity index (χ4n) is 5.40. The van der Waals surface area contributed by atoms with E-state index in [2.05, 4.69) is 0 Å². The first kappa shape index (κ1) is 22.1. The average molecular weight is 463 g/mol. The van der Waals surface area contributed by atoms with Gasteiger partial charge >= 0.3 is 5.97 Å². The number of methoxy groups -OCH3 is 1. The lowest BCUT2D eigenvalue weighted by atomic mass is 9.69. The van der Waals surface area contributed by atoms with E-state index < -0.39 is 35.0 Å². The molecular weight excluding hydrogens is 440 g/mol. The number of carbonyl (C=O) groups is 2. The smallest absolute Gasteiger partial charge is 0.319 e. The van der Waals surface area contributed by atoms with Gasteiger partial charge in [0.25, 0.3) is 5.91 Å². The number of esters is 1. The minimum Gasteiger partial charge on any atom is -0.496 e. The molecule has 0 saturated heterocycles. The molecule has 0 bridgehead atoms. The Balaban J connectivity index is 1.82. The molecule has 1 aliphatic heterocycles. The third-order valence-corrected chi connectivity index (χ3v) is 6.79. The summed E-state index contributed by atoms with van der Waals surface area (Å²) < 4.78 is 40.0. The molecule has 0 unspecified atom stereocenters. The standard InChI is InChI=1S/C27H23F2NO4/c1-3-34-26(32)27-14-19-17(10-7-11-23(19)33-2)24(27)30(15-16-8-5-4-6-9-16)25(31)18-12-21(28)22(29)13-20(18)27/h4-13,24H,3,14-15H2,1-2H3/t24-,27+/m1/s1. The van der Waals surface area contributed by atoms with Crippen molar-refractivity contribution < 1.29 is 27.8 Å². The quantitative estimate of drug-likeness (QED) is 0.514. The molecule has 3 aromatic carbocycles. The van der Waals surface area contributed by atoms with Gasteiger partial charge in [-0.3, -0.25) is 9.59 Å². The van der Waals surface area contributed by atoms with Crippen molar-refractivity contribution in [2.75, 3.05) is 13.7 Å². The Hall–Kier alpha value is -3.74. The molecule has 0 N–H and O–H groups in total. The molecule has 7 heteroatoms. The van der Waals surface area contributed by atoms with Gasteiger partial charge in [0.1, 0.15) is 11.2 Å². The summed E-state index contributed by atoms with van der Waals surface area (Å²) in [6.45, 7) is 1.97. The first-order valence-electron chi connectivity index (χ1n) is 11.1. The van der Waals surface area contributed by atoms with Crippen molar-refractivity contribution in [1.82, 2.24) is 4.90 Å². The summed E-state index contributed by atoms with van der Waals surface area (Å²) in [5.74, 6) is -2.76. The third kappa shape index (κ3) is 3.10. The molecule has 3 aromatic rings. The van der Waals surface area contributed by atoms with Crippen LogP contribution in [0, 0.1) is 11.6 Å². The Morgan fingerprint density at radius 3 is 2.53 bits per heavy atom. The zero-order valence-electron chi connectivity index (χ0n) is 18.8. The Kier molecular flexibility index (Phi) is 5.35. The van der Waals surface area contributed by atoms with E-state index in [0.29, 0.717) is 5.75 Å². The first-order chi connectivity index (χ1) is 16.4. The van der Waals surface area contributed by atoms with Gasteiger partial charge in [0.05, 0.1) is 19.8 Å². The monoisotopic (exact) mass is 463 g/mol. The Labute approximate surface area is 195 Å². The van der Waals surface area contributed by atoms with Gasteiger partial charge < -0.3 is 14.4 Å². The largest absolute Gasteiger partial charge is 0.496 e. The maximum absolute atomic E-state index is 14.6. The lowest BCUT2D eigenvalue weighted by Crippen LogP contribution is -2.54. The first-order valence-corrected chi connectivity index (χ1v) is 11.1. The fraction of sp³-hybridized carbons (Fsp3) is 0.259. The molecule has 5 rings (SSSR count). The predicted molar refractivity (Wildman–Crippen MR) is 120 cm³/mol. The number of fused-ring (bicyclic) bond motifs is 5. The minimum absolute atomic E-state index is 0.0362. The molecule has 2 aliphatic rings. The average Bonchev–Trinajstić information content (AvgIpc) is 3.20. The lowest BCUT2D eigenvalue weighted by Gasteiger charge is -2.45. The van der Waals surface area contributed by atoms with Gasteiger partial charge in [-0.1, -0.05) is 42.5 Å². The molecule has 0 spiro atoms. The lowest BCUT2D eigenvalue weighted by molar-refractivity contribution is -0.153. The predicted octanol–water partition coefficient (Wildman–Crippen LogP) is 4.73. The maximum Gasteiger partial charge on any atom is 0.319 e. The molecule has 0 saturated carbocycles. The van der Waals surface area contributed by atoms with Gasteiger partial charge in [0.2, 0.25) is 0 Å². The van der Waals surface area contributed by atoms with Crippen molar-refractivity contribution in [3.05, 3.63) is 100 Å². The van der Waals surface area contributed by atoms with Crippen molar-refractivity contribution in [3.8, 4) is 5.75 Å². The van der Waals surface area contributed by atoms with Gasteiger partial charge in [0, 0.05) is 17.7 Å². The molecule has 1 heterocycles. The van der Waals surface area contributed by atoms with Crippen LogP contribution in [-0.4, -0.2) is 30.5 Å². The van der Waals surface area contributed by atoms with Crippen LogP contribution in [-0.2, 0) is 27.9 Å². The van der Waals surface area contributed by atoms with Crippen LogP contribution in [0.3, 0.4) is 0 Å². The summed E-state index contributed by atoms with van der Waals surface area (Å²) in [4.78, 5) is 29.1. The highest BCUT2D eigenvalue weighted by Gasteiger charge is 2.62. The van der Waals surface area contributed by atoms with E-state index in [9.17, 15) is 18.4 Å². The van der Waals surface area contributed by atoms with E-state index in [1.165, 1.54) is 7.11 Å². The fourth-order valence-corrected chi connectivity index (χ4v) is 5.40. The van der Waals surface area contributed by atoms with Gasteiger partial charge in [-0.25, -0.2) is 8.78 Å². The Morgan fingerprint density at radius 2 is 1.82 bits per heavy atom. The molecule has 0 aromatic heterocycles. The van der Waals surface area contributed by atoms with Crippen molar-refractivity contribution in [2.45, 2.75) is 31.3 Å². The molecule has 1 aliphatic carbocycles. The maximum atomic E-state index is 14.6. The van der Waals surface area contributed by atoms with Crippen LogP contribution >= 0.6 is 0 Å². The van der Waals surface area contributed by atoms with Crippen molar-refractivity contribution in [1.29, 1.82) is 0 Å². The van der Waals surface area contributed by atoms with Crippen LogP contribution < -0.4 is 4.74 Å². The van der Waals surface area contributed by atoms with Gasteiger partial charge in [-0.05, 0) is 48.2 Å². The second kappa shape index (κ2) is 8.24. The number of carbonyl (C=O) groups excluding carboxylic acids is 2. The number of ether oxygens (including phenoxy) is 2. The molecule has 2 atom stereocenters. The van der Waals surface area contributed by atoms with E-state index in [1.807, 2.05) is 36.4 Å². The molecule has 1 amide bonds. The van der Waals surface area contributed by atoms with E-state index in [1.54, 1.807) is 24.0 Å². The van der Waals surface area contributed by atoms with Crippen molar-refractivity contribution in [3.63, 3.8) is 0 Å². The highest BCUT2D eigenvalue weighted by Crippen LogP contribution is 2.57. The number of benzene rings is 3. The minimum atomic E-state index is -1.44. The highest BCUT2D eigenvalue weighted by molar-refractivity contribution is 6.03. The van der Waals surface area contributed by atoms with Gasteiger partial charge in [-0.2, -0.15) is 0 Å². The van der Waals surface area contributed by atoms with E-state index >= 15 is 0 Å². The third-order valence-electron chi connectivity index (χ3n) is 6.79. The van der Waals surface area contributed by atoms with Crippen molar-refractivity contribution in [2.24, 2.45) is 0 Å². The molecular formula is C27H23F2NO4. The second-order valence-electron chi connectivity index (χ2n) is 8.53. The number of hydrogen-bond donors (Lipinski definition) is 0. The van der Waals surface area contributed by atoms with Crippen LogP contribution in [0.2, 0.25) is 0 Å². The summed E-state index contributed by atoms with van der Waals surface area (Å²) in [5, 5.41) is 0. The normalized spacial score (nSPS) is 20.4. The summed E-state index contributed by atoms with van der Waals surface area (Å²) >= 11 is 0. The summed E-state index contributed by atoms with van der Waals surface area (Å²) in [6, 6.07) is 15.9. The number of rotatable bonds is 5. The zero-order valence-corrected chi connectivity index (χ0v) is 18.8. The van der Waals surface area contributed by atoms with E-state index in [4.69, 9.17) is 9.47 Å². The number of nitrogens with zero attached hydrogens (tertiary/aromatic N) is 1. The topological polar surface area (TPSA) is 55.8 Å².